The normalized spacial score (nSPS) is 14.9. The summed E-state index contributed by atoms with van der Waals surface area (Å²) >= 11 is 0.819. The van der Waals surface area contributed by atoms with Gasteiger partial charge in [0.2, 0.25) is 5.91 Å². The fourth-order valence-corrected chi connectivity index (χ4v) is 5.40. The van der Waals surface area contributed by atoms with Gasteiger partial charge < -0.3 is 16.4 Å². The first-order chi connectivity index (χ1) is 18.1. The Kier molecular flexibility index (Phi) is 10.6. The zero-order valence-corrected chi connectivity index (χ0v) is 23.6. The number of nitrogens with two attached hydrogens (primary N) is 1. The minimum Gasteiger partial charge on any atom is -0.395 e. The third-order valence-electron chi connectivity index (χ3n) is 6.71. The summed E-state index contributed by atoms with van der Waals surface area (Å²) in [6, 6.07) is 4.74. The molecule has 1 atom stereocenters. The number of rotatable bonds is 11. The lowest BCUT2D eigenvalue weighted by molar-refractivity contribution is -0.122. The average Bonchev–Trinajstić information content (AvgIpc) is 3.25. The Balaban J connectivity index is 1.94. The van der Waals surface area contributed by atoms with Crippen LogP contribution in [0.15, 0.2) is 24.3 Å². The molecule has 1 heterocycles. The highest BCUT2D eigenvalue weighted by Gasteiger charge is 2.35. The van der Waals surface area contributed by atoms with Gasteiger partial charge in [-0.25, -0.2) is 4.39 Å². The number of amides is 3. The second kappa shape index (κ2) is 13.7. The predicted octanol–water partition coefficient (Wildman–Crippen LogP) is 5.15. The molecular formula is C28H40FN5O3S. The molecule has 1 aromatic heterocycles. The van der Waals surface area contributed by atoms with E-state index >= 15 is 0 Å². The van der Waals surface area contributed by atoms with Gasteiger partial charge in [-0.3, -0.25) is 19.3 Å². The van der Waals surface area contributed by atoms with Gasteiger partial charge in [0.25, 0.3) is 11.8 Å². The van der Waals surface area contributed by atoms with Gasteiger partial charge in [0, 0.05) is 18.3 Å². The summed E-state index contributed by atoms with van der Waals surface area (Å²) in [5.74, 6) is -1.39. The number of carbonyl (C=O) groups is 3. The first-order valence-electron chi connectivity index (χ1n) is 13.5. The predicted molar refractivity (Wildman–Crippen MR) is 150 cm³/mol. The minimum atomic E-state index is -0.905. The highest BCUT2D eigenvalue weighted by Crippen LogP contribution is 2.30. The van der Waals surface area contributed by atoms with E-state index in [4.69, 9.17) is 5.73 Å². The molecule has 1 aliphatic rings. The molecule has 3 amide bonds. The number of hydrogen-bond acceptors (Lipinski definition) is 6. The van der Waals surface area contributed by atoms with Gasteiger partial charge in [-0.15, -0.1) is 0 Å². The molecule has 1 aromatic carbocycles. The van der Waals surface area contributed by atoms with E-state index in [1.807, 2.05) is 13.8 Å². The van der Waals surface area contributed by atoms with Crippen LogP contribution in [0, 0.1) is 17.7 Å². The van der Waals surface area contributed by atoms with Crippen molar-refractivity contribution in [3.05, 3.63) is 40.7 Å². The molecule has 0 radical (unpaired) electrons. The fraction of sp³-hybridized carbons (Fsp3) is 0.571. The summed E-state index contributed by atoms with van der Waals surface area (Å²) < 4.78 is 18.5. The highest BCUT2D eigenvalue weighted by molar-refractivity contribution is 7.09. The maximum Gasteiger partial charge on any atom is 0.273 e. The molecule has 2 aromatic rings. The molecule has 1 aliphatic carbocycles. The number of halogens is 1. The Morgan fingerprint density at radius 3 is 2.47 bits per heavy atom. The first-order valence-corrected chi connectivity index (χ1v) is 14.3. The van der Waals surface area contributed by atoms with E-state index < -0.39 is 23.7 Å². The molecule has 1 fully saturated rings. The van der Waals surface area contributed by atoms with Crippen LogP contribution < -0.4 is 21.3 Å². The van der Waals surface area contributed by atoms with E-state index in [-0.39, 0.29) is 39.8 Å². The summed E-state index contributed by atoms with van der Waals surface area (Å²) in [5.41, 5.74) is 6.52. The second-order valence-electron chi connectivity index (χ2n) is 10.9. The maximum absolute atomic E-state index is 14.3. The van der Waals surface area contributed by atoms with Crippen LogP contribution in [-0.2, 0) is 4.79 Å². The summed E-state index contributed by atoms with van der Waals surface area (Å²) in [6.45, 7) is 8.50. The third kappa shape index (κ3) is 7.75. The summed E-state index contributed by atoms with van der Waals surface area (Å²) in [4.78, 5) is 41.7. The fourth-order valence-electron chi connectivity index (χ4n) is 4.67. The van der Waals surface area contributed by atoms with Gasteiger partial charge in [0.1, 0.15) is 16.7 Å². The van der Waals surface area contributed by atoms with E-state index in [9.17, 15) is 18.8 Å². The molecule has 0 bridgehead atoms. The number of hydrogen-bond donors (Lipinski definition) is 3. The van der Waals surface area contributed by atoms with Crippen molar-refractivity contribution < 1.29 is 18.8 Å². The van der Waals surface area contributed by atoms with Crippen LogP contribution in [0.1, 0.15) is 92.8 Å². The molecule has 0 spiro atoms. The Labute approximate surface area is 228 Å². The first kappa shape index (κ1) is 29.5. The summed E-state index contributed by atoms with van der Waals surface area (Å²) in [5, 5.41) is 5.92. The van der Waals surface area contributed by atoms with Crippen LogP contribution in [0.2, 0.25) is 0 Å². The van der Waals surface area contributed by atoms with Gasteiger partial charge >= 0.3 is 0 Å². The van der Waals surface area contributed by atoms with Crippen molar-refractivity contribution in [2.75, 3.05) is 17.2 Å². The Morgan fingerprint density at radius 1 is 1.13 bits per heavy atom. The number of nitrogens with one attached hydrogen (secondary N) is 2. The number of anilines is 2. The van der Waals surface area contributed by atoms with Crippen molar-refractivity contribution in [2.24, 2.45) is 11.8 Å². The zero-order chi connectivity index (χ0) is 27.8. The molecular weight excluding hydrogens is 505 g/mol. The number of aromatic nitrogens is 1. The standard InChI is InChI=1S/C28H40FN5O3S/c1-17(2)13-14-31-26(35)22(15-18(3)4)34(21-12-8-9-19(29)16-21)28(37)25-23(30)24(33-38-25)27(36)32-20-10-6-5-7-11-20/h8-9,12,16-18,20,22H,5-7,10-11,13-15,30H2,1-4H3,(H,31,35)(H,32,36). The van der Waals surface area contributed by atoms with E-state index in [1.54, 1.807) is 6.07 Å². The topological polar surface area (TPSA) is 117 Å². The van der Waals surface area contributed by atoms with Crippen LogP contribution in [0.3, 0.4) is 0 Å². The zero-order valence-electron chi connectivity index (χ0n) is 22.8. The number of nitrogens with zero attached hydrogens (tertiary/aromatic N) is 2. The van der Waals surface area contributed by atoms with Crippen molar-refractivity contribution in [3.63, 3.8) is 0 Å². The molecule has 8 nitrogen and oxygen atoms in total. The lowest BCUT2D eigenvalue weighted by atomic mass is 9.95. The average molecular weight is 546 g/mol. The van der Waals surface area contributed by atoms with Gasteiger partial charge in [-0.1, -0.05) is 53.0 Å². The third-order valence-corrected chi connectivity index (χ3v) is 7.56. The van der Waals surface area contributed by atoms with Crippen LogP contribution in [-0.4, -0.2) is 40.7 Å². The Bertz CT molecular complexity index is 1110. The maximum atomic E-state index is 14.3. The highest BCUT2D eigenvalue weighted by atomic mass is 32.1. The van der Waals surface area contributed by atoms with Crippen LogP contribution >= 0.6 is 11.5 Å². The molecule has 1 unspecified atom stereocenters. The molecule has 10 heteroatoms. The van der Waals surface area contributed by atoms with Crippen molar-refractivity contribution in [3.8, 4) is 0 Å². The number of nitrogen functional groups attached to an aromatic ring is 1. The van der Waals surface area contributed by atoms with E-state index in [0.717, 1.165) is 50.1 Å². The molecule has 208 valence electrons. The van der Waals surface area contributed by atoms with Crippen LogP contribution in [0.25, 0.3) is 0 Å². The summed E-state index contributed by atoms with van der Waals surface area (Å²) in [6.07, 6.45) is 6.21. The molecule has 3 rings (SSSR count). The van der Waals surface area contributed by atoms with Crippen molar-refractivity contribution in [2.45, 2.75) is 84.7 Å². The van der Waals surface area contributed by atoms with Crippen molar-refractivity contribution in [1.82, 2.24) is 15.0 Å². The quantitative estimate of drug-likeness (QED) is 0.361. The van der Waals surface area contributed by atoms with Gasteiger partial charge in [0.05, 0.1) is 5.69 Å². The van der Waals surface area contributed by atoms with Crippen molar-refractivity contribution >= 4 is 40.6 Å². The van der Waals surface area contributed by atoms with Gasteiger partial charge in [-0.2, -0.15) is 4.37 Å². The van der Waals surface area contributed by atoms with Crippen LogP contribution in [0.5, 0.6) is 0 Å². The lowest BCUT2D eigenvalue weighted by Gasteiger charge is -2.32. The SMILES string of the molecule is CC(C)CCNC(=O)C(CC(C)C)N(C(=O)c1snc(C(=O)NC2CCCCC2)c1N)c1cccc(F)c1. The molecule has 1 saturated carbocycles. The van der Waals surface area contributed by atoms with E-state index in [0.29, 0.717) is 18.9 Å². The van der Waals surface area contributed by atoms with Crippen LogP contribution in [0.4, 0.5) is 15.8 Å². The minimum absolute atomic E-state index is 0.00455. The number of carbonyl (C=O) groups excluding carboxylic acids is 3. The Morgan fingerprint density at radius 2 is 1.84 bits per heavy atom. The lowest BCUT2D eigenvalue weighted by Crippen LogP contribution is -2.51. The van der Waals surface area contributed by atoms with E-state index in [1.165, 1.54) is 23.1 Å². The Hall–Kier alpha value is -3.01. The number of benzene rings is 1. The molecule has 38 heavy (non-hydrogen) atoms. The van der Waals surface area contributed by atoms with E-state index in [2.05, 4.69) is 28.9 Å². The smallest absolute Gasteiger partial charge is 0.273 e. The largest absolute Gasteiger partial charge is 0.395 e. The monoisotopic (exact) mass is 545 g/mol. The molecule has 4 N–H and O–H groups in total. The van der Waals surface area contributed by atoms with Gasteiger partial charge in [0.15, 0.2) is 5.69 Å². The van der Waals surface area contributed by atoms with Crippen molar-refractivity contribution in [1.29, 1.82) is 0 Å². The molecule has 0 saturated heterocycles. The summed E-state index contributed by atoms with van der Waals surface area (Å²) in [7, 11) is 0. The molecule has 0 aliphatic heterocycles. The second-order valence-corrected chi connectivity index (χ2v) is 11.6. The van der Waals surface area contributed by atoms with Gasteiger partial charge in [-0.05, 0) is 67.3 Å².